The highest BCUT2D eigenvalue weighted by Crippen LogP contribution is 2.39. The van der Waals surface area contributed by atoms with E-state index in [1.165, 1.54) is 13.3 Å². The van der Waals surface area contributed by atoms with E-state index in [2.05, 4.69) is 15.3 Å². The van der Waals surface area contributed by atoms with Crippen molar-refractivity contribution in [3.05, 3.63) is 42.6 Å². The molecule has 0 N–H and O–H groups in total. The van der Waals surface area contributed by atoms with Crippen LogP contribution in [0.2, 0.25) is 0 Å². The molecule has 2 atom stereocenters. The molecule has 0 bridgehead atoms. The van der Waals surface area contributed by atoms with E-state index in [1.807, 2.05) is 6.92 Å². The van der Waals surface area contributed by atoms with Gasteiger partial charge in [0.25, 0.3) is 0 Å². The number of carbonyl (C=O) groups is 1. The van der Waals surface area contributed by atoms with Crippen molar-refractivity contribution in [2.45, 2.75) is 38.2 Å². The molecule has 3 aromatic rings. The zero-order chi connectivity index (χ0) is 26.3. The first-order valence-electron chi connectivity index (χ1n) is 10.9. The van der Waals surface area contributed by atoms with Gasteiger partial charge in [0.2, 0.25) is 5.91 Å². The number of benzene rings is 1. The van der Waals surface area contributed by atoms with Crippen LogP contribution in [0.1, 0.15) is 24.6 Å². The van der Waals surface area contributed by atoms with Crippen LogP contribution in [0, 0.1) is 12.8 Å². The van der Waals surface area contributed by atoms with E-state index in [4.69, 9.17) is 4.74 Å². The van der Waals surface area contributed by atoms with Crippen molar-refractivity contribution in [3.8, 4) is 22.7 Å². The summed E-state index contributed by atoms with van der Waals surface area (Å²) in [5.74, 6) is -2.60. The van der Waals surface area contributed by atoms with Crippen LogP contribution in [0.3, 0.4) is 0 Å². The molecule has 3 heterocycles. The fourth-order valence-corrected chi connectivity index (χ4v) is 4.18. The predicted molar refractivity (Wildman–Crippen MR) is 114 cm³/mol. The Labute approximate surface area is 201 Å². The van der Waals surface area contributed by atoms with Gasteiger partial charge in [-0.15, -0.1) is 5.10 Å². The van der Waals surface area contributed by atoms with Crippen molar-refractivity contribution in [1.29, 1.82) is 0 Å². The van der Waals surface area contributed by atoms with E-state index in [0.717, 1.165) is 10.4 Å². The van der Waals surface area contributed by atoms with Crippen molar-refractivity contribution in [1.82, 2.24) is 29.4 Å². The SMILES string of the molecule is COc1cc(-c2cn(C3C[C@H](C(F)(F)F)CCN(CC(F)(F)F)C3=O)nn2)ccc1-n1cnc(C)c1. The quantitative estimate of drug-likeness (QED) is 0.472. The Morgan fingerprint density at radius 3 is 2.50 bits per heavy atom. The lowest BCUT2D eigenvalue weighted by Crippen LogP contribution is -2.42. The number of amides is 1. The van der Waals surface area contributed by atoms with Crippen molar-refractivity contribution >= 4 is 5.91 Å². The van der Waals surface area contributed by atoms with Gasteiger partial charge in [0.05, 0.1) is 36.9 Å². The number of carbonyl (C=O) groups excluding carboxylic acids is 1. The summed E-state index contributed by atoms with van der Waals surface area (Å²) in [4.78, 5) is 17.5. The molecule has 0 spiro atoms. The maximum Gasteiger partial charge on any atom is 0.406 e. The largest absolute Gasteiger partial charge is 0.495 e. The van der Waals surface area contributed by atoms with Crippen LogP contribution in [0.5, 0.6) is 5.75 Å². The zero-order valence-corrected chi connectivity index (χ0v) is 19.2. The number of nitrogens with zero attached hydrogens (tertiary/aromatic N) is 6. The number of methoxy groups -OCH3 is 1. The first-order chi connectivity index (χ1) is 16.9. The summed E-state index contributed by atoms with van der Waals surface area (Å²) in [5.41, 5.74) is 2.15. The standard InChI is InChI=1S/C22H22F6N6O2/c1-13-9-33(12-29-13)17-4-3-14(7-19(17)36-2)16-10-34(31-30-16)18-8-15(22(26,27)28)5-6-32(20(18)35)11-21(23,24)25/h3-4,7,9-10,12,15,18H,5-6,8,11H2,1-2H3/t15-,18?/m1/s1. The number of likely N-dealkylation sites (tertiary alicyclic amines) is 1. The predicted octanol–water partition coefficient (Wildman–Crippen LogP) is 4.35. The molecule has 0 aliphatic carbocycles. The lowest BCUT2D eigenvalue weighted by atomic mass is 9.97. The summed E-state index contributed by atoms with van der Waals surface area (Å²) in [6.07, 6.45) is -6.15. The molecule has 1 unspecified atom stereocenters. The molecule has 1 aromatic carbocycles. The minimum absolute atomic E-state index is 0.213. The van der Waals surface area contributed by atoms with Crippen LogP contribution >= 0.6 is 0 Å². The van der Waals surface area contributed by atoms with E-state index in [9.17, 15) is 31.1 Å². The number of aromatic nitrogens is 5. The number of aryl methyl sites for hydroxylation is 1. The minimum Gasteiger partial charge on any atom is -0.495 e. The van der Waals surface area contributed by atoms with Gasteiger partial charge in [-0.3, -0.25) is 4.79 Å². The smallest absolute Gasteiger partial charge is 0.406 e. The van der Waals surface area contributed by atoms with Gasteiger partial charge in [0, 0.05) is 18.3 Å². The number of hydrogen-bond donors (Lipinski definition) is 0. The molecule has 1 aliphatic heterocycles. The summed E-state index contributed by atoms with van der Waals surface area (Å²) in [6, 6.07) is 3.43. The Morgan fingerprint density at radius 2 is 1.89 bits per heavy atom. The van der Waals surface area contributed by atoms with Gasteiger partial charge >= 0.3 is 12.4 Å². The second kappa shape index (κ2) is 9.47. The lowest BCUT2D eigenvalue weighted by Gasteiger charge is -2.25. The second-order valence-electron chi connectivity index (χ2n) is 8.55. The Hall–Kier alpha value is -3.58. The van der Waals surface area contributed by atoms with E-state index >= 15 is 0 Å². The van der Waals surface area contributed by atoms with Gasteiger partial charge in [-0.2, -0.15) is 26.3 Å². The molecular formula is C22H22F6N6O2. The number of imidazole rings is 1. The minimum atomic E-state index is -4.75. The number of rotatable bonds is 5. The summed E-state index contributed by atoms with van der Waals surface area (Å²) >= 11 is 0. The second-order valence-corrected chi connectivity index (χ2v) is 8.55. The summed E-state index contributed by atoms with van der Waals surface area (Å²) in [7, 11) is 1.46. The first-order valence-corrected chi connectivity index (χ1v) is 10.9. The third-order valence-electron chi connectivity index (χ3n) is 5.98. The fourth-order valence-electron chi connectivity index (χ4n) is 4.18. The normalized spacial score (nSPS) is 19.4. The Kier molecular flexibility index (Phi) is 6.71. The van der Waals surface area contributed by atoms with Gasteiger partial charge < -0.3 is 14.2 Å². The molecule has 0 saturated carbocycles. The average Bonchev–Trinajstić information content (AvgIpc) is 3.42. The molecule has 1 saturated heterocycles. The molecule has 2 aromatic heterocycles. The average molecular weight is 516 g/mol. The van der Waals surface area contributed by atoms with E-state index < -0.39 is 56.2 Å². The third-order valence-corrected chi connectivity index (χ3v) is 5.98. The van der Waals surface area contributed by atoms with Gasteiger partial charge in [0.1, 0.15) is 24.0 Å². The Balaban J connectivity index is 1.66. The maximum absolute atomic E-state index is 13.5. The molecule has 36 heavy (non-hydrogen) atoms. The van der Waals surface area contributed by atoms with Crippen LogP contribution < -0.4 is 4.74 Å². The molecule has 4 rings (SSSR count). The number of alkyl halides is 6. The highest BCUT2D eigenvalue weighted by Gasteiger charge is 2.47. The van der Waals surface area contributed by atoms with Crippen molar-refractivity contribution < 1.29 is 35.9 Å². The monoisotopic (exact) mass is 516 g/mol. The molecular weight excluding hydrogens is 494 g/mol. The first kappa shape index (κ1) is 25.5. The van der Waals surface area contributed by atoms with E-state index in [1.54, 1.807) is 35.3 Å². The molecule has 1 amide bonds. The van der Waals surface area contributed by atoms with Gasteiger partial charge in [-0.05, 0) is 31.9 Å². The molecule has 1 aliphatic rings. The highest BCUT2D eigenvalue weighted by atomic mass is 19.4. The summed E-state index contributed by atoms with van der Waals surface area (Å²) < 4.78 is 87.6. The zero-order valence-electron chi connectivity index (χ0n) is 19.2. The fraction of sp³-hybridized carbons (Fsp3) is 0.455. The number of ether oxygens (including phenoxy) is 1. The number of hydrogen-bond acceptors (Lipinski definition) is 5. The molecule has 194 valence electrons. The number of halogens is 6. The van der Waals surface area contributed by atoms with Gasteiger partial charge in [-0.25, -0.2) is 9.67 Å². The molecule has 8 nitrogen and oxygen atoms in total. The van der Waals surface area contributed by atoms with Gasteiger partial charge in [0.15, 0.2) is 0 Å². The molecule has 1 fully saturated rings. The third kappa shape index (κ3) is 5.46. The summed E-state index contributed by atoms with van der Waals surface area (Å²) in [6.45, 7) is -0.475. The van der Waals surface area contributed by atoms with E-state index in [-0.39, 0.29) is 5.69 Å². The van der Waals surface area contributed by atoms with Gasteiger partial charge in [-0.1, -0.05) is 11.3 Å². The summed E-state index contributed by atoms with van der Waals surface area (Å²) in [5, 5.41) is 7.77. The lowest BCUT2D eigenvalue weighted by molar-refractivity contribution is -0.179. The van der Waals surface area contributed by atoms with E-state index in [0.29, 0.717) is 21.9 Å². The molecule has 0 radical (unpaired) electrons. The Morgan fingerprint density at radius 1 is 1.14 bits per heavy atom. The van der Waals surface area contributed by atoms with Crippen molar-refractivity contribution in [2.24, 2.45) is 5.92 Å². The highest BCUT2D eigenvalue weighted by molar-refractivity contribution is 5.81. The Bertz CT molecular complexity index is 1230. The van der Waals surface area contributed by atoms with Crippen LogP contribution in [0.25, 0.3) is 16.9 Å². The van der Waals surface area contributed by atoms with Crippen LogP contribution in [0.15, 0.2) is 36.9 Å². The van der Waals surface area contributed by atoms with Crippen LogP contribution in [-0.2, 0) is 4.79 Å². The maximum atomic E-state index is 13.5. The van der Waals surface area contributed by atoms with Crippen LogP contribution in [0.4, 0.5) is 26.3 Å². The van der Waals surface area contributed by atoms with Crippen molar-refractivity contribution in [2.75, 3.05) is 20.2 Å². The molecule has 14 heteroatoms. The van der Waals surface area contributed by atoms with Crippen molar-refractivity contribution in [3.63, 3.8) is 0 Å². The van der Waals surface area contributed by atoms with Crippen LogP contribution in [-0.4, -0.2) is 67.9 Å². The topological polar surface area (TPSA) is 78.1 Å².